The van der Waals surface area contributed by atoms with Crippen LogP contribution in [0.1, 0.15) is 48.5 Å². The maximum absolute atomic E-state index is 13.5. The van der Waals surface area contributed by atoms with Gasteiger partial charge in [-0.15, -0.1) is 0 Å². The summed E-state index contributed by atoms with van der Waals surface area (Å²) in [4.78, 5) is 78.3. The summed E-state index contributed by atoms with van der Waals surface area (Å²) in [5.41, 5.74) is 0. The second-order valence-corrected chi connectivity index (χ2v) is 38.1. The van der Waals surface area contributed by atoms with Crippen molar-refractivity contribution >= 4 is 35.4 Å². The van der Waals surface area contributed by atoms with Crippen LogP contribution in [0.15, 0.2) is 0 Å². The van der Waals surface area contributed by atoms with Crippen molar-refractivity contribution < 1.29 is 296 Å². The van der Waals surface area contributed by atoms with Crippen LogP contribution >= 0.6 is 0 Å². The number of hydrogen-bond donors (Lipinski definition) is 37. The molecule has 0 aromatic carbocycles. The Morgan fingerprint density at radius 2 is 0.420 bits per heavy atom. The molecule has 66 nitrogen and oxygen atoms in total. The van der Waals surface area contributed by atoms with E-state index in [0.717, 1.165) is 41.5 Å². The largest absolute Gasteiger partial charge is 0.394 e. The summed E-state index contributed by atoms with van der Waals surface area (Å²) in [6.07, 6.45) is -116. The molecule has 60 atom stereocenters. The molecule has 0 aliphatic carbocycles. The number of hydrogen-bond acceptors (Lipinski definition) is 60. The van der Waals surface area contributed by atoms with Gasteiger partial charge in [0.1, 0.15) is 287 Å². The van der Waals surface area contributed by atoms with Crippen LogP contribution in [0.4, 0.5) is 0 Å². The Hall–Kier alpha value is -5.34. The SMILES string of the molecule is CC(=O)N[C@@H]1[C@@H](O)[C@H](O[C@@H]2O[C@H](CO)[C@@H](O[C@@H]3O[C@H](CO[C@H]4O[C@H](CO[C@@H]5O[C@H](CO)[C@@H](O[C@@H]6O[C@H](CO)[C@H](O)[C@H](O)[C@H]6O)[C@@H](O)[C@H]5NC(C)=O)[C@@H](O)[C@H](O)[C@@H]4O[C@@H]4O[C@H](CO)[C@@H](O[C@@H]5O[C@H](CO)[C@H](O)[C@H](O)[C@H]5O)[C@H](O)[C@H]4NC(C)=O)[C@@H](O)[C@H](O[C@H]4O[C@H](CO)[C@@H](O)[C@H](O)[C@@H]4O[C@@H]4O[C@H](CO)[C@@H](O[C@@H]5O[C@H](CO)[C@H](O)[C@H](O)[C@H]5NC(C)=O)[C@H](O)[C@H]4NC(C)=O)[C@@H]3O)[C@H](O)[C@H]2NC(C)=O)[C@@H](CO[C@H]2O[C@H](C)[C@H](O)[C@H](O)[C@H]2O)O[C@H]1O. The van der Waals surface area contributed by atoms with Gasteiger partial charge in [-0.2, -0.15) is 0 Å². The average molecular weight is 2190 g/mol. The first-order chi connectivity index (χ1) is 70.9. The summed E-state index contributed by atoms with van der Waals surface area (Å²) in [6.45, 7) is -5.93. The van der Waals surface area contributed by atoms with Gasteiger partial charge in [-0.05, 0) is 6.92 Å². The molecule has 12 aliphatic rings. The Balaban J connectivity index is 0.918. The first-order valence-electron chi connectivity index (χ1n) is 48.0. The fourth-order valence-corrected chi connectivity index (χ4v) is 19.5. The minimum atomic E-state index is -2.76. The van der Waals surface area contributed by atoms with Crippen LogP contribution < -0.4 is 31.9 Å². The van der Waals surface area contributed by atoms with Crippen molar-refractivity contribution in [1.29, 1.82) is 0 Å². The van der Waals surface area contributed by atoms with Crippen molar-refractivity contribution in [2.45, 2.75) is 417 Å². The van der Waals surface area contributed by atoms with Gasteiger partial charge in [0.05, 0.1) is 78.8 Å². The van der Waals surface area contributed by atoms with E-state index in [1.54, 1.807) is 0 Å². The third-order valence-electron chi connectivity index (χ3n) is 27.4. The van der Waals surface area contributed by atoms with E-state index in [2.05, 4.69) is 31.9 Å². The maximum atomic E-state index is 13.5. The molecule has 0 saturated carbocycles. The molecule has 866 valence electrons. The van der Waals surface area contributed by atoms with Crippen LogP contribution in [0, 0.1) is 0 Å². The first kappa shape index (κ1) is 123. The lowest BCUT2D eigenvalue weighted by molar-refractivity contribution is -0.399. The predicted molar refractivity (Wildman–Crippen MR) is 463 cm³/mol. The number of nitrogens with one attached hydrogen (secondary N) is 6. The zero-order chi connectivity index (χ0) is 110. The highest BCUT2D eigenvalue weighted by molar-refractivity contribution is 5.75. The average Bonchev–Trinajstić information content (AvgIpc) is 0.759. The number of ether oxygens (including phenoxy) is 23. The minimum absolute atomic E-state index is 0.856. The lowest BCUT2D eigenvalue weighted by Gasteiger charge is -2.51. The van der Waals surface area contributed by atoms with E-state index < -0.39 is 476 Å². The van der Waals surface area contributed by atoms with Crippen LogP contribution in [0.3, 0.4) is 0 Å². The normalized spacial score (nSPS) is 48.8. The number of aliphatic hydroxyl groups excluding tert-OH is 31. The highest BCUT2D eigenvalue weighted by Crippen LogP contribution is 2.43. The number of amides is 6. The third kappa shape index (κ3) is 27.7. The summed E-state index contributed by atoms with van der Waals surface area (Å²) in [6, 6.07) is -11.7. The molecule has 150 heavy (non-hydrogen) atoms. The molecule has 12 heterocycles. The molecule has 6 amide bonds. The van der Waals surface area contributed by atoms with Gasteiger partial charge in [0.2, 0.25) is 35.4 Å². The van der Waals surface area contributed by atoms with Crippen molar-refractivity contribution in [3.05, 3.63) is 0 Å². The van der Waals surface area contributed by atoms with E-state index in [-0.39, 0.29) is 0 Å². The maximum Gasteiger partial charge on any atom is 0.217 e. The molecule has 0 radical (unpaired) electrons. The molecule has 0 spiro atoms. The number of carbonyl (C=O) groups is 6. The van der Waals surface area contributed by atoms with E-state index in [0.29, 0.717) is 0 Å². The number of carbonyl (C=O) groups excluding carboxylic acids is 6. The van der Waals surface area contributed by atoms with Crippen molar-refractivity contribution in [1.82, 2.24) is 31.9 Å². The van der Waals surface area contributed by atoms with Crippen molar-refractivity contribution in [3.63, 3.8) is 0 Å². The fraction of sp³-hybridized carbons (Fsp3) is 0.929. The Bertz CT molecular complexity index is 4240. The van der Waals surface area contributed by atoms with Gasteiger partial charge in [0.25, 0.3) is 0 Å². The van der Waals surface area contributed by atoms with Crippen LogP contribution in [-0.4, -0.2) is 635 Å². The van der Waals surface area contributed by atoms with Gasteiger partial charge >= 0.3 is 0 Å². The summed E-state index contributed by atoms with van der Waals surface area (Å²) in [7, 11) is 0. The molecular weight excluding hydrogens is 2050 g/mol. The predicted octanol–water partition coefficient (Wildman–Crippen LogP) is -25.3. The monoisotopic (exact) mass is 2190 g/mol. The highest BCUT2D eigenvalue weighted by Gasteiger charge is 2.64. The molecule has 12 fully saturated rings. The molecule has 0 aromatic heterocycles. The molecule has 37 N–H and O–H groups in total. The minimum Gasteiger partial charge on any atom is -0.394 e. The van der Waals surface area contributed by atoms with Crippen molar-refractivity contribution in [2.75, 3.05) is 72.7 Å². The molecule has 12 aliphatic heterocycles. The Kier molecular flexibility index (Phi) is 44.4. The molecule has 0 aromatic rings. The second-order valence-electron chi connectivity index (χ2n) is 38.1. The summed E-state index contributed by atoms with van der Waals surface area (Å²) in [5.74, 6) is -5.82. The topological polar surface area (TPSA) is 1010 Å². The number of rotatable bonds is 39. The van der Waals surface area contributed by atoms with Gasteiger partial charge in [0, 0.05) is 41.5 Å². The molecule has 12 saturated heterocycles. The molecule has 0 bridgehead atoms. The summed E-state index contributed by atoms with van der Waals surface area (Å²) >= 11 is 0. The van der Waals surface area contributed by atoms with Crippen LogP contribution in [0.2, 0.25) is 0 Å². The van der Waals surface area contributed by atoms with E-state index in [4.69, 9.17) is 109 Å². The summed E-state index contributed by atoms with van der Waals surface area (Å²) in [5, 5.41) is 366. The molecule has 0 unspecified atom stereocenters. The Morgan fingerprint density at radius 1 is 0.187 bits per heavy atom. The Labute approximate surface area is 849 Å². The van der Waals surface area contributed by atoms with Crippen LogP contribution in [0.25, 0.3) is 0 Å². The van der Waals surface area contributed by atoms with Crippen molar-refractivity contribution in [2.24, 2.45) is 0 Å². The van der Waals surface area contributed by atoms with Gasteiger partial charge < -0.3 is 299 Å². The summed E-state index contributed by atoms with van der Waals surface area (Å²) < 4.78 is 139. The third-order valence-corrected chi connectivity index (χ3v) is 27.4. The number of aliphatic hydroxyl groups is 31. The highest BCUT2D eigenvalue weighted by atomic mass is 16.8. The van der Waals surface area contributed by atoms with Crippen LogP contribution in [-0.2, 0) is 138 Å². The van der Waals surface area contributed by atoms with E-state index in [1.807, 2.05) is 0 Å². The first-order valence-corrected chi connectivity index (χ1v) is 48.0. The lowest BCUT2D eigenvalue weighted by Crippen LogP contribution is -2.71. The zero-order valence-electron chi connectivity index (χ0n) is 81.1. The van der Waals surface area contributed by atoms with Gasteiger partial charge in [0.15, 0.2) is 75.5 Å². The Morgan fingerprint density at radius 3 is 0.807 bits per heavy atom. The zero-order valence-corrected chi connectivity index (χ0v) is 81.1. The van der Waals surface area contributed by atoms with Gasteiger partial charge in [-0.3, -0.25) is 28.8 Å². The molecule has 66 heteroatoms. The van der Waals surface area contributed by atoms with Crippen molar-refractivity contribution in [3.8, 4) is 0 Å². The lowest BCUT2D eigenvalue weighted by atomic mass is 9.93. The van der Waals surface area contributed by atoms with Gasteiger partial charge in [-0.1, -0.05) is 0 Å². The molecule has 12 rings (SSSR count). The van der Waals surface area contributed by atoms with E-state index in [9.17, 15) is 187 Å². The van der Waals surface area contributed by atoms with Crippen LogP contribution in [0.5, 0.6) is 0 Å². The standard InChI is InChI=1S/C84H140N6O60/c1-19-43(105)56(118)61(123)79(131-19)129-18-36-69(51(113)37(73(127)132-36)85-20(2)99)144-76-40(88-23(5)102)54(116)68(33(15-98)138-76)147-82-64(126)70(148-84-72(59(121)47(109)29(11-94)136-84)150-78-41(89-24(6)103)53(115)65(31(13-96)139-78)143-75-38(86-21(3)100)50(112)44(106)26(8-91)133-75)49(111)35(141-82)17-130-83-71(149-77-42(90-25(7)104)55(117)67(32(14-97)140-77)146-81-63(125)58(120)46(108)28(10-93)135-81)60(122)48(110)34(142-83)16-128-74-39(87-22(4)101)52(114)66(30(12-95)137-74)145-80-62(124)57(119)45(107)27(9-92)134-80/h19,26-84,91-98,105-127H,8-18H2,1-7H3,(H,85,99)(H,86,100)(H,87,101)(H,88,102)(H,89,103)(H,90,104)/t19-,26-,27-,28-,29-,30-,31-,32-,33-,34-,35-,36-,37-,38-,39-,40-,41-,42-,43+,44+,45+,46+,47-,48-,49-,50-,51-,52+,53-,54-,55-,56+,57+,58+,59+,60+,61-,62-,63-,64+,65-,66-,67-,68-,69-,70+,71+,72+,73-,74-,75+,76+,77+,78+,79+,80+,81+,82+,83+,84-/m1/s1. The molecular formula is C84H140N6O60. The second kappa shape index (κ2) is 54.0. The quantitative estimate of drug-likeness (QED) is 0.0272. The van der Waals surface area contributed by atoms with E-state index >= 15 is 0 Å². The smallest absolute Gasteiger partial charge is 0.217 e. The fourth-order valence-electron chi connectivity index (χ4n) is 19.5. The van der Waals surface area contributed by atoms with E-state index in [1.165, 1.54) is 6.92 Å². The van der Waals surface area contributed by atoms with Gasteiger partial charge in [-0.25, -0.2) is 0 Å².